The second-order valence-corrected chi connectivity index (χ2v) is 8.35. The van der Waals surface area contributed by atoms with E-state index in [4.69, 9.17) is 5.11 Å². The van der Waals surface area contributed by atoms with Crippen molar-refractivity contribution in [1.29, 1.82) is 0 Å². The third-order valence-electron chi connectivity index (χ3n) is 4.43. The van der Waals surface area contributed by atoms with Crippen LogP contribution in [0.4, 0.5) is 5.00 Å². The van der Waals surface area contributed by atoms with Crippen molar-refractivity contribution in [2.24, 2.45) is 10.6 Å². The molecule has 0 aliphatic carbocycles. The van der Waals surface area contributed by atoms with Crippen LogP contribution in [0.1, 0.15) is 6.92 Å². The van der Waals surface area contributed by atoms with Gasteiger partial charge in [0.15, 0.2) is 0 Å². The highest BCUT2D eigenvalue weighted by molar-refractivity contribution is 8.00. The van der Waals surface area contributed by atoms with E-state index in [0.29, 0.717) is 5.00 Å². The number of oxime groups is 1. The fraction of sp³-hybridized carbons (Fsp3) is 0.438. The molecule has 3 heterocycles. The largest absolute Gasteiger partial charge is 0.480 e. The molecule has 3 rings (SSSR count). The zero-order chi connectivity index (χ0) is 20.5. The average molecular weight is 427 g/mol. The zero-order valence-corrected chi connectivity index (χ0v) is 16.3. The van der Waals surface area contributed by atoms with Crippen molar-refractivity contribution in [3.63, 3.8) is 0 Å². The van der Waals surface area contributed by atoms with Crippen LogP contribution in [0.3, 0.4) is 0 Å². The van der Waals surface area contributed by atoms with E-state index in [-0.39, 0.29) is 29.5 Å². The fourth-order valence-electron chi connectivity index (χ4n) is 3.06. The Balaban J connectivity index is 1.76. The minimum Gasteiger partial charge on any atom is -0.480 e. The number of hydrogen-bond acceptors (Lipinski definition) is 8. The first-order valence-corrected chi connectivity index (χ1v) is 10.1. The number of β-lactam (4-membered cyclic amide) rings is 1. The predicted octanol–water partition coefficient (Wildman–Crippen LogP) is 0.543. The molecule has 0 aromatic carbocycles. The van der Waals surface area contributed by atoms with Gasteiger partial charge < -0.3 is 20.0 Å². The van der Waals surface area contributed by atoms with Crippen LogP contribution in [-0.4, -0.2) is 75.4 Å². The van der Waals surface area contributed by atoms with Gasteiger partial charge in [-0.25, -0.2) is 4.79 Å². The van der Waals surface area contributed by atoms with Crippen molar-refractivity contribution in [2.45, 2.75) is 18.3 Å². The molecule has 2 N–H and O–H groups in total. The van der Waals surface area contributed by atoms with E-state index in [1.807, 2.05) is 5.38 Å². The van der Waals surface area contributed by atoms with Crippen molar-refractivity contribution in [3.05, 3.63) is 17.5 Å². The van der Waals surface area contributed by atoms with Gasteiger partial charge >= 0.3 is 11.9 Å². The lowest BCUT2D eigenvalue weighted by Crippen LogP contribution is -2.74. The molecule has 1 aromatic heterocycles. The first-order valence-electron chi connectivity index (χ1n) is 8.14. The Bertz CT molecular complexity index is 828. The molecule has 12 heteroatoms. The Morgan fingerprint density at radius 3 is 2.79 bits per heavy atom. The third-order valence-corrected chi connectivity index (χ3v) is 6.83. The highest BCUT2D eigenvalue weighted by Gasteiger charge is 2.59. The number of thiophene rings is 1. The normalized spacial score (nSPS) is 26.5. The molecule has 2 amide bonds. The molecule has 2 fully saturated rings. The molecule has 0 bridgehead atoms. The summed E-state index contributed by atoms with van der Waals surface area (Å²) in [6, 6.07) is 2.85. The summed E-state index contributed by atoms with van der Waals surface area (Å²) in [5, 5.41) is 23.8. The second kappa shape index (κ2) is 7.80. The number of anilines is 1. The minimum absolute atomic E-state index is 0.101. The van der Waals surface area contributed by atoms with Crippen molar-refractivity contribution in [1.82, 2.24) is 4.90 Å². The molecule has 2 aliphatic heterocycles. The summed E-state index contributed by atoms with van der Waals surface area (Å²) < 4.78 is 0. The standard InChI is InChI=1S/C16H17N3O7S2/c1-9(20)19(10-3-2-4-27-10)12-13(23)18-7-16(15(24)25,8-28-14(12)18)6-17-26-5-11(21)22/h2-4,6,12,14H,5,7-8H2,1H3,(H,21,22)(H,24,25)/t12?,14-,16?/m1/s1. The van der Waals surface area contributed by atoms with Gasteiger partial charge in [-0.05, 0) is 17.5 Å². The summed E-state index contributed by atoms with van der Waals surface area (Å²) in [7, 11) is 0. The smallest absolute Gasteiger partial charge is 0.344 e. The third kappa shape index (κ3) is 3.56. The molecule has 10 nitrogen and oxygen atoms in total. The van der Waals surface area contributed by atoms with Crippen molar-refractivity contribution in [2.75, 3.05) is 23.8 Å². The van der Waals surface area contributed by atoms with E-state index >= 15 is 0 Å². The number of carboxylic acids is 2. The number of carbonyl (C=O) groups excluding carboxylic acids is 2. The summed E-state index contributed by atoms with van der Waals surface area (Å²) in [6.45, 7) is 0.559. The van der Waals surface area contributed by atoms with Gasteiger partial charge in [-0.3, -0.25) is 19.3 Å². The maximum absolute atomic E-state index is 12.7. The highest BCUT2D eigenvalue weighted by atomic mass is 32.2. The Morgan fingerprint density at radius 2 is 2.21 bits per heavy atom. The number of amides is 2. The summed E-state index contributed by atoms with van der Waals surface area (Å²) in [5.74, 6) is -2.94. The Labute approximate surface area is 167 Å². The predicted molar refractivity (Wildman–Crippen MR) is 101 cm³/mol. The lowest BCUT2D eigenvalue weighted by molar-refractivity contribution is -0.153. The molecule has 2 aliphatic rings. The maximum atomic E-state index is 12.7. The van der Waals surface area contributed by atoms with Crippen LogP contribution in [-0.2, 0) is 24.0 Å². The SMILES string of the molecule is CC(=O)N(c1cccs1)C1C(=O)N2CC(C=NOCC(=O)O)(C(=O)O)CS[C@H]12. The lowest BCUT2D eigenvalue weighted by Gasteiger charge is -2.55. The summed E-state index contributed by atoms with van der Waals surface area (Å²) >= 11 is 2.58. The second-order valence-electron chi connectivity index (χ2n) is 6.32. The van der Waals surface area contributed by atoms with Gasteiger partial charge in [0, 0.05) is 19.2 Å². The number of thioether (sulfide) groups is 1. The van der Waals surface area contributed by atoms with E-state index in [2.05, 4.69) is 9.99 Å². The molecule has 150 valence electrons. The molecule has 0 saturated carbocycles. The monoisotopic (exact) mass is 427 g/mol. The first kappa shape index (κ1) is 20.1. The fourth-order valence-corrected chi connectivity index (χ4v) is 5.41. The molecule has 2 saturated heterocycles. The Morgan fingerprint density at radius 1 is 1.46 bits per heavy atom. The number of carboxylic acid groups (broad SMARTS) is 2. The summed E-state index contributed by atoms with van der Waals surface area (Å²) in [5.41, 5.74) is -1.50. The molecule has 0 spiro atoms. The quantitative estimate of drug-likeness (QED) is 0.366. The molecule has 3 atom stereocenters. The number of hydrogen-bond donors (Lipinski definition) is 2. The Hall–Kier alpha value is -2.60. The van der Waals surface area contributed by atoms with Gasteiger partial charge in [-0.1, -0.05) is 5.16 Å². The molecule has 28 heavy (non-hydrogen) atoms. The van der Waals surface area contributed by atoms with Crippen molar-refractivity contribution < 1.29 is 34.2 Å². The van der Waals surface area contributed by atoms with Gasteiger partial charge in [0.2, 0.25) is 18.4 Å². The van der Waals surface area contributed by atoms with Crippen molar-refractivity contribution >= 4 is 58.1 Å². The summed E-state index contributed by atoms with van der Waals surface area (Å²) in [6.07, 6.45) is 1.03. The van der Waals surface area contributed by atoms with Gasteiger partial charge in [0.25, 0.3) is 0 Å². The maximum Gasteiger partial charge on any atom is 0.344 e. The van der Waals surface area contributed by atoms with Crippen LogP contribution in [0, 0.1) is 5.41 Å². The molecular formula is C16H17N3O7S2. The van der Waals surface area contributed by atoms with Crippen LogP contribution in [0.2, 0.25) is 0 Å². The van der Waals surface area contributed by atoms with Crippen molar-refractivity contribution in [3.8, 4) is 0 Å². The van der Waals surface area contributed by atoms with Crippen LogP contribution in [0.5, 0.6) is 0 Å². The first-order chi connectivity index (χ1) is 13.3. The Kier molecular flexibility index (Phi) is 5.61. The average Bonchev–Trinajstić information content (AvgIpc) is 3.16. The van der Waals surface area contributed by atoms with E-state index in [1.165, 1.54) is 39.8 Å². The van der Waals surface area contributed by atoms with Crippen LogP contribution >= 0.6 is 23.1 Å². The van der Waals surface area contributed by atoms with E-state index in [0.717, 1.165) is 6.21 Å². The number of rotatable bonds is 7. The van der Waals surface area contributed by atoms with Gasteiger partial charge in [0.1, 0.15) is 16.8 Å². The number of aliphatic carboxylic acids is 2. The molecular weight excluding hydrogens is 410 g/mol. The van der Waals surface area contributed by atoms with Gasteiger partial charge in [-0.15, -0.1) is 23.1 Å². The zero-order valence-electron chi connectivity index (χ0n) is 14.7. The van der Waals surface area contributed by atoms with Crippen LogP contribution < -0.4 is 4.90 Å². The van der Waals surface area contributed by atoms with Gasteiger partial charge in [0.05, 0.1) is 11.2 Å². The minimum atomic E-state index is -1.50. The lowest BCUT2D eigenvalue weighted by atomic mass is 9.88. The van der Waals surface area contributed by atoms with Crippen LogP contribution in [0.25, 0.3) is 0 Å². The van der Waals surface area contributed by atoms with Crippen LogP contribution in [0.15, 0.2) is 22.7 Å². The molecule has 2 unspecified atom stereocenters. The highest BCUT2D eigenvalue weighted by Crippen LogP contribution is 2.44. The van der Waals surface area contributed by atoms with Gasteiger partial charge in [-0.2, -0.15) is 0 Å². The number of nitrogens with zero attached hydrogens (tertiary/aromatic N) is 3. The number of fused-ring (bicyclic) bond motifs is 1. The molecule has 0 radical (unpaired) electrons. The van der Waals surface area contributed by atoms with E-state index < -0.39 is 30.0 Å². The summed E-state index contributed by atoms with van der Waals surface area (Å²) in [4.78, 5) is 54.6. The van der Waals surface area contributed by atoms with E-state index in [1.54, 1.807) is 12.1 Å². The topological polar surface area (TPSA) is 137 Å². The number of carbonyl (C=O) groups is 4. The molecule has 1 aromatic rings. The van der Waals surface area contributed by atoms with E-state index in [9.17, 15) is 24.3 Å².